The van der Waals surface area contributed by atoms with Crippen LogP contribution in [0, 0.1) is 6.92 Å². The molecule has 1 atom stereocenters. The highest BCUT2D eigenvalue weighted by Gasteiger charge is 2.22. The summed E-state index contributed by atoms with van der Waals surface area (Å²) in [6.45, 7) is 7.90. The molecule has 0 aromatic carbocycles. The van der Waals surface area contributed by atoms with Crippen LogP contribution in [-0.4, -0.2) is 36.1 Å². The van der Waals surface area contributed by atoms with Gasteiger partial charge < -0.3 is 4.42 Å². The molecule has 3 heterocycles. The maximum absolute atomic E-state index is 12.3. The number of furan rings is 1. The number of aromatic nitrogens is 5. The molecule has 0 aliphatic carbocycles. The van der Waals surface area contributed by atoms with Crippen LogP contribution in [0.1, 0.15) is 11.9 Å². The molecule has 0 bridgehead atoms. The summed E-state index contributed by atoms with van der Waals surface area (Å²) in [5, 5.41) is 20.4. The second-order valence-electron chi connectivity index (χ2n) is 5.06. The molecule has 0 unspecified atom stereocenters. The Morgan fingerprint density at radius 1 is 1.48 bits per heavy atom. The number of carbonyl (C=O) groups excluding carboxylic acids is 1. The molecule has 0 fully saturated rings. The van der Waals surface area contributed by atoms with Gasteiger partial charge in [0.25, 0.3) is 0 Å². The maximum atomic E-state index is 12.3. The van der Waals surface area contributed by atoms with Gasteiger partial charge >= 0.3 is 0 Å². The highest BCUT2D eigenvalue weighted by Crippen LogP contribution is 2.28. The van der Waals surface area contributed by atoms with E-state index in [0.717, 1.165) is 5.01 Å². The molecule has 130 valence electrons. The van der Waals surface area contributed by atoms with Crippen molar-refractivity contribution in [3.63, 3.8) is 0 Å². The molecule has 8 nitrogen and oxygen atoms in total. The largest absolute Gasteiger partial charge is 0.461 e. The second-order valence-corrected chi connectivity index (χ2v) is 7.55. The van der Waals surface area contributed by atoms with E-state index in [1.165, 1.54) is 23.1 Å². The predicted octanol–water partition coefficient (Wildman–Crippen LogP) is 3.00. The van der Waals surface area contributed by atoms with Gasteiger partial charge in [-0.05, 0) is 26.0 Å². The number of rotatable bonds is 7. The van der Waals surface area contributed by atoms with Crippen molar-refractivity contribution in [2.24, 2.45) is 0 Å². The van der Waals surface area contributed by atoms with Gasteiger partial charge in [0.2, 0.25) is 16.9 Å². The zero-order valence-electron chi connectivity index (χ0n) is 13.7. The molecule has 3 aromatic rings. The Bertz CT molecular complexity index is 871. The van der Waals surface area contributed by atoms with E-state index in [-0.39, 0.29) is 11.2 Å². The van der Waals surface area contributed by atoms with Crippen LogP contribution in [0.3, 0.4) is 0 Å². The highest BCUT2D eigenvalue weighted by molar-refractivity contribution is 8.00. The van der Waals surface area contributed by atoms with Crippen LogP contribution in [0.5, 0.6) is 0 Å². The first-order chi connectivity index (χ1) is 12.1. The van der Waals surface area contributed by atoms with E-state index in [2.05, 4.69) is 32.3 Å². The van der Waals surface area contributed by atoms with E-state index in [1.54, 1.807) is 25.3 Å². The minimum atomic E-state index is -0.388. The molecule has 3 aromatic heterocycles. The summed E-state index contributed by atoms with van der Waals surface area (Å²) in [6, 6.07) is 3.60. The standard InChI is InChI=1S/C15H16N6O2S2/c1-4-7-21-12(11-6-5-8-23-11)18-20-15(21)24-9(2)13(22)16-14-19-17-10(3)25-14/h4-6,8-9H,1,7H2,2-3H3,(H,16,19,22)/t9-/m0/s1. The summed E-state index contributed by atoms with van der Waals surface area (Å²) in [5.41, 5.74) is 0. The number of allylic oxidation sites excluding steroid dienone is 1. The summed E-state index contributed by atoms with van der Waals surface area (Å²) in [4.78, 5) is 12.3. The van der Waals surface area contributed by atoms with E-state index in [9.17, 15) is 4.79 Å². The Kier molecular flexibility index (Phi) is 5.29. The van der Waals surface area contributed by atoms with Crippen molar-refractivity contribution in [1.82, 2.24) is 25.0 Å². The molecule has 1 amide bonds. The van der Waals surface area contributed by atoms with Gasteiger partial charge in [-0.3, -0.25) is 14.7 Å². The number of aryl methyl sites for hydroxylation is 1. The number of carbonyl (C=O) groups is 1. The lowest BCUT2D eigenvalue weighted by Gasteiger charge is -2.11. The molecular formula is C15H16N6O2S2. The SMILES string of the molecule is C=CCn1c(S[C@@H](C)C(=O)Nc2nnc(C)s2)nnc1-c1ccco1. The van der Waals surface area contributed by atoms with E-state index >= 15 is 0 Å². The average molecular weight is 376 g/mol. The van der Waals surface area contributed by atoms with Crippen LogP contribution in [0.2, 0.25) is 0 Å². The zero-order valence-corrected chi connectivity index (χ0v) is 15.3. The minimum Gasteiger partial charge on any atom is -0.461 e. The first kappa shape index (κ1) is 17.4. The van der Waals surface area contributed by atoms with E-state index in [4.69, 9.17) is 4.42 Å². The molecule has 10 heteroatoms. The summed E-state index contributed by atoms with van der Waals surface area (Å²) in [6.07, 6.45) is 3.32. The smallest absolute Gasteiger partial charge is 0.239 e. The second kappa shape index (κ2) is 7.62. The molecule has 0 saturated heterocycles. The third kappa shape index (κ3) is 3.97. The fourth-order valence-corrected chi connectivity index (χ4v) is 3.48. The third-order valence-electron chi connectivity index (χ3n) is 3.18. The topological polar surface area (TPSA) is 98.7 Å². The van der Waals surface area contributed by atoms with E-state index in [1.807, 2.05) is 17.6 Å². The molecular weight excluding hydrogens is 360 g/mol. The van der Waals surface area contributed by atoms with Crippen molar-refractivity contribution in [2.75, 3.05) is 5.32 Å². The molecule has 25 heavy (non-hydrogen) atoms. The lowest BCUT2D eigenvalue weighted by atomic mass is 10.4. The van der Waals surface area contributed by atoms with Crippen LogP contribution in [0.25, 0.3) is 11.6 Å². The van der Waals surface area contributed by atoms with Crippen LogP contribution in [0.15, 0.2) is 40.6 Å². The van der Waals surface area contributed by atoms with Crippen molar-refractivity contribution < 1.29 is 9.21 Å². The van der Waals surface area contributed by atoms with Gasteiger partial charge in [-0.15, -0.1) is 27.0 Å². The van der Waals surface area contributed by atoms with Crippen LogP contribution >= 0.6 is 23.1 Å². The maximum Gasteiger partial charge on any atom is 0.239 e. The van der Waals surface area contributed by atoms with E-state index < -0.39 is 0 Å². The molecule has 0 aliphatic heterocycles. The van der Waals surface area contributed by atoms with Crippen LogP contribution in [0.4, 0.5) is 5.13 Å². The molecule has 3 rings (SSSR count). The van der Waals surface area contributed by atoms with Gasteiger partial charge in [0.15, 0.2) is 10.9 Å². The van der Waals surface area contributed by atoms with Crippen LogP contribution in [-0.2, 0) is 11.3 Å². The Labute approximate surface area is 152 Å². The van der Waals surface area contributed by atoms with Crippen molar-refractivity contribution in [3.8, 4) is 11.6 Å². The van der Waals surface area contributed by atoms with Crippen molar-refractivity contribution >= 4 is 34.1 Å². The molecule has 0 radical (unpaired) electrons. The van der Waals surface area contributed by atoms with Gasteiger partial charge in [0.1, 0.15) is 5.01 Å². The number of hydrogen-bond donors (Lipinski definition) is 1. The minimum absolute atomic E-state index is 0.172. The zero-order chi connectivity index (χ0) is 17.8. The van der Waals surface area contributed by atoms with Crippen LogP contribution < -0.4 is 5.32 Å². The van der Waals surface area contributed by atoms with Gasteiger partial charge in [-0.25, -0.2) is 0 Å². The van der Waals surface area contributed by atoms with Gasteiger partial charge in [0, 0.05) is 6.54 Å². The average Bonchev–Trinajstić information content (AvgIpc) is 3.30. The highest BCUT2D eigenvalue weighted by atomic mass is 32.2. The number of nitrogens with zero attached hydrogens (tertiary/aromatic N) is 5. The molecule has 1 N–H and O–H groups in total. The Morgan fingerprint density at radius 2 is 2.32 bits per heavy atom. The lowest BCUT2D eigenvalue weighted by Crippen LogP contribution is -2.22. The van der Waals surface area contributed by atoms with Gasteiger partial charge in [-0.1, -0.05) is 29.2 Å². The fraction of sp³-hybridized carbons (Fsp3) is 0.267. The van der Waals surface area contributed by atoms with Gasteiger partial charge in [0.05, 0.1) is 11.5 Å². The number of nitrogens with one attached hydrogen (secondary N) is 1. The summed E-state index contributed by atoms with van der Waals surface area (Å²) in [7, 11) is 0. The summed E-state index contributed by atoms with van der Waals surface area (Å²) < 4.78 is 7.25. The Morgan fingerprint density at radius 3 is 2.96 bits per heavy atom. The third-order valence-corrected chi connectivity index (χ3v) is 5.01. The Balaban J connectivity index is 1.75. The fourth-order valence-electron chi connectivity index (χ4n) is 2.02. The number of anilines is 1. The van der Waals surface area contributed by atoms with Crippen molar-refractivity contribution in [3.05, 3.63) is 36.1 Å². The lowest BCUT2D eigenvalue weighted by molar-refractivity contribution is -0.115. The molecule has 0 spiro atoms. The first-order valence-electron chi connectivity index (χ1n) is 7.44. The molecule has 0 saturated carbocycles. The first-order valence-corrected chi connectivity index (χ1v) is 9.13. The Hall–Kier alpha value is -2.46. The normalized spacial score (nSPS) is 12.1. The quantitative estimate of drug-likeness (QED) is 0.500. The van der Waals surface area contributed by atoms with E-state index in [0.29, 0.717) is 28.4 Å². The number of thioether (sulfide) groups is 1. The monoisotopic (exact) mass is 376 g/mol. The molecule has 0 aliphatic rings. The van der Waals surface area contributed by atoms with Crippen molar-refractivity contribution in [2.45, 2.75) is 30.8 Å². The number of hydrogen-bond acceptors (Lipinski definition) is 8. The van der Waals surface area contributed by atoms with Gasteiger partial charge in [-0.2, -0.15) is 0 Å². The summed E-state index contributed by atoms with van der Waals surface area (Å²) in [5.74, 6) is 1.04. The summed E-state index contributed by atoms with van der Waals surface area (Å²) >= 11 is 2.64. The number of amides is 1. The predicted molar refractivity (Wildman–Crippen MR) is 96.5 cm³/mol. The van der Waals surface area contributed by atoms with Crippen molar-refractivity contribution in [1.29, 1.82) is 0 Å².